The standard InChI is InChI=1S/C52H94N2O21/c1-4-6-8-10-12-14-15-16-18-19-21-23-25-34(59)33(54-39(62)26-24-22-20-17-13-11-9-7-5-2)31-70-49-44(66)43(65)46(38(30-57)72-49)73-50-45(67)48(42(64)37(29-56)71-50)75-52(51(68)69)27-35(60)40(53-32(3)58)47(74-52)41(63)36(61)28-55/h23,25,33-38,40-50,55-57,59-61,63-67H,4-22,24,26-31H2,1-3H3,(H,53,58)(H,54,62)(H,68,69)/b25-23+. The van der Waals surface area contributed by atoms with Gasteiger partial charge in [0, 0.05) is 19.8 Å². The summed E-state index contributed by atoms with van der Waals surface area (Å²) >= 11 is 0. The van der Waals surface area contributed by atoms with Crippen LogP contribution in [0.1, 0.15) is 162 Å². The van der Waals surface area contributed by atoms with E-state index < -0.39 is 155 Å². The number of hydrogen-bond donors (Lipinski definition) is 14. The fraction of sp³-hybridized carbons (Fsp3) is 0.904. The van der Waals surface area contributed by atoms with E-state index in [0.717, 1.165) is 51.9 Å². The van der Waals surface area contributed by atoms with Crippen LogP contribution in [0, 0.1) is 0 Å². The molecule has 18 unspecified atom stereocenters. The number of allylic oxidation sites excluding steroid dienone is 1. The van der Waals surface area contributed by atoms with Crippen LogP contribution < -0.4 is 10.6 Å². The van der Waals surface area contributed by atoms with Crippen LogP contribution >= 0.6 is 0 Å². The van der Waals surface area contributed by atoms with Gasteiger partial charge in [0.25, 0.3) is 5.79 Å². The van der Waals surface area contributed by atoms with Crippen LogP contribution in [0.4, 0.5) is 0 Å². The van der Waals surface area contributed by atoms with Gasteiger partial charge >= 0.3 is 5.97 Å². The number of unbranched alkanes of at least 4 members (excludes halogenated alkanes) is 18. The maximum atomic E-state index is 13.2. The van der Waals surface area contributed by atoms with Crippen molar-refractivity contribution in [2.45, 2.75) is 272 Å². The molecule has 23 heteroatoms. The summed E-state index contributed by atoms with van der Waals surface area (Å²) in [5.74, 6) is -6.15. The monoisotopic (exact) mass is 1080 g/mol. The molecule has 0 bridgehead atoms. The molecule has 18 atom stereocenters. The van der Waals surface area contributed by atoms with Crippen molar-refractivity contribution in [1.82, 2.24) is 10.6 Å². The van der Waals surface area contributed by atoms with E-state index in [0.29, 0.717) is 12.8 Å². The summed E-state index contributed by atoms with van der Waals surface area (Å²) in [7, 11) is 0. The largest absolute Gasteiger partial charge is 0.477 e. The molecule has 3 aliphatic heterocycles. The van der Waals surface area contributed by atoms with Crippen LogP contribution in [0.25, 0.3) is 0 Å². The molecule has 0 aliphatic carbocycles. The van der Waals surface area contributed by atoms with Crippen molar-refractivity contribution < 1.29 is 104 Å². The number of nitrogens with one attached hydrogen (secondary N) is 2. The van der Waals surface area contributed by atoms with Gasteiger partial charge in [0.1, 0.15) is 67.1 Å². The first kappa shape index (κ1) is 66.7. The average Bonchev–Trinajstić information content (AvgIpc) is 3.38. The van der Waals surface area contributed by atoms with Gasteiger partial charge in [0.15, 0.2) is 12.6 Å². The second kappa shape index (κ2) is 35.9. The molecule has 23 nitrogen and oxygen atoms in total. The van der Waals surface area contributed by atoms with Crippen molar-refractivity contribution >= 4 is 17.8 Å². The number of amides is 2. The number of aliphatic hydroxyl groups is 11. The summed E-state index contributed by atoms with van der Waals surface area (Å²) in [5, 5.41) is 135. The van der Waals surface area contributed by atoms with Crippen LogP contribution in [0.2, 0.25) is 0 Å². The first-order chi connectivity index (χ1) is 35.9. The zero-order valence-electron chi connectivity index (χ0n) is 44.4. The molecule has 75 heavy (non-hydrogen) atoms. The maximum absolute atomic E-state index is 13.2. The highest BCUT2D eigenvalue weighted by atomic mass is 16.8. The Balaban J connectivity index is 1.73. The van der Waals surface area contributed by atoms with E-state index in [1.165, 1.54) is 70.6 Å². The SMILES string of the molecule is CCCCCCCCCCCC/C=C/C(O)C(COC1OC(CO)C(OC2OC(CO)C(O)C(OC3(C(=O)O)CC(O)C(NC(C)=O)C(C(O)C(O)CO)O3)C2O)C(O)C1O)NC(=O)CCCCCCCCCCC. The van der Waals surface area contributed by atoms with E-state index >= 15 is 0 Å². The Morgan fingerprint density at radius 2 is 1.24 bits per heavy atom. The number of carbonyl (C=O) groups is 3. The van der Waals surface area contributed by atoms with E-state index in [4.69, 9.17) is 28.4 Å². The lowest BCUT2D eigenvalue weighted by Crippen LogP contribution is -2.70. The molecular formula is C52H94N2O21. The van der Waals surface area contributed by atoms with Crippen LogP contribution in [0.3, 0.4) is 0 Å². The van der Waals surface area contributed by atoms with Crippen LogP contribution in [-0.2, 0) is 42.8 Å². The van der Waals surface area contributed by atoms with Gasteiger partial charge in [-0.3, -0.25) is 9.59 Å². The van der Waals surface area contributed by atoms with Crippen molar-refractivity contribution in [2.75, 3.05) is 26.4 Å². The van der Waals surface area contributed by atoms with Gasteiger partial charge < -0.3 is 100 Å². The second-order valence-electron chi connectivity index (χ2n) is 20.5. The van der Waals surface area contributed by atoms with Gasteiger partial charge in [-0.05, 0) is 19.3 Å². The maximum Gasteiger partial charge on any atom is 0.364 e. The summed E-state index contributed by atoms with van der Waals surface area (Å²) in [6.45, 7) is 2.02. The lowest BCUT2D eigenvalue weighted by atomic mass is 9.88. The molecule has 14 N–H and O–H groups in total. The Bertz CT molecular complexity index is 1620. The van der Waals surface area contributed by atoms with Crippen LogP contribution in [-0.4, -0.2) is 215 Å². The quantitative estimate of drug-likeness (QED) is 0.0295. The smallest absolute Gasteiger partial charge is 0.364 e. The van der Waals surface area contributed by atoms with Crippen molar-refractivity contribution in [2.24, 2.45) is 0 Å². The third-order valence-electron chi connectivity index (χ3n) is 14.2. The Labute approximate surface area is 441 Å². The fourth-order valence-corrected chi connectivity index (χ4v) is 9.71. The highest BCUT2D eigenvalue weighted by molar-refractivity contribution is 5.77. The molecule has 3 saturated heterocycles. The number of hydrogen-bond acceptors (Lipinski definition) is 20. The number of aliphatic carboxylic acids is 1. The van der Waals surface area contributed by atoms with Gasteiger partial charge in [-0.2, -0.15) is 0 Å². The van der Waals surface area contributed by atoms with Crippen molar-refractivity contribution in [3.8, 4) is 0 Å². The van der Waals surface area contributed by atoms with Gasteiger partial charge in [-0.1, -0.05) is 135 Å². The summed E-state index contributed by atoms with van der Waals surface area (Å²) in [4.78, 5) is 38.2. The van der Waals surface area contributed by atoms with Crippen molar-refractivity contribution in [3.05, 3.63) is 12.2 Å². The van der Waals surface area contributed by atoms with E-state index in [9.17, 15) is 75.7 Å². The van der Waals surface area contributed by atoms with Crippen molar-refractivity contribution in [1.29, 1.82) is 0 Å². The van der Waals surface area contributed by atoms with Gasteiger partial charge in [0.05, 0.1) is 50.7 Å². The summed E-state index contributed by atoms with van der Waals surface area (Å²) < 4.78 is 34.5. The van der Waals surface area contributed by atoms with E-state index in [1.807, 2.05) is 6.08 Å². The van der Waals surface area contributed by atoms with Crippen LogP contribution in [0.5, 0.6) is 0 Å². The molecule has 0 spiro atoms. The molecule has 0 radical (unpaired) electrons. The average molecular weight is 1080 g/mol. The predicted molar refractivity (Wildman–Crippen MR) is 269 cm³/mol. The molecule has 3 heterocycles. The molecule has 0 aromatic carbocycles. The molecule has 3 aliphatic rings. The second-order valence-corrected chi connectivity index (χ2v) is 20.5. The molecule has 438 valence electrons. The molecule has 3 rings (SSSR count). The fourth-order valence-electron chi connectivity index (χ4n) is 9.71. The van der Waals surface area contributed by atoms with E-state index in [2.05, 4.69) is 24.5 Å². The zero-order valence-corrected chi connectivity index (χ0v) is 44.4. The normalized spacial score (nSPS) is 31.9. The third-order valence-corrected chi connectivity index (χ3v) is 14.2. The minimum Gasteiger partial charge on any atom is -0.477 e. The van der Waals surface area contributed by atoms with Crippen molar-refractivity contribution in [3.63, 3.8) is 0 Å². The highest BCUT2D eigenvalue weighted by Crippen LogP contribution is 2.38. The Hall–Kier alpha value is -2.53. The molecule has 0 aromatic heterocycles. The van der Waals surface area contributed by atoms with E-state index in [1.54, 1.807) is 6.08 Å². The molecule has 0 saturated carbocycles. The van der Waals surface area contributed by atoms with Crippen LogP contribution in [0.15, 0.2) is 12.2 Å². The topological polar surface area (TPSA) is 373 Å². The van der Waals surface area contributed by atoms with Gasteiger partial charge in [-0.25, -0.2) is 4.79 Å². The summed E-state index contributed by atoms with van der Waals surface area (Å²) in [6.07, 6.45) is -3.89. The minimum atomic E-state index is -3.08. The first-order valence-electron chi connectivity index (χ1n) is 27.6. The minimum absolute atomic E-state index is 0.202. The lowest BCUT2D eigenvalue weighted by Gasteiger charge is -2.50. The van der Waals surface area contributed by atoms with Gasteiger partial charge in [-0.15, -0.1) is 0 Å². The third kappa shape index (κ3) is 21.6. The number of ether oxygens (including phenoxy) is 6. The van der Waals surface area contributed by atoms with E-state index in [-0.39, 0.29) is 12.3 Å². The Morgan fingerprint density at radius 1 is 0.693 bits per heavy atom. The summed E-state index contributed by atoms with van der Waals surface area (Å²) in [5.41, 5.74) is 0. The number of carbonyl (C=O) groups excluding carboxylic acids is 2. The number of aliphatic hydroxyl groups excluding tert-OH is 11. The predicted octanol–water partition coefficient (Wildman–Crippen LogP) is 0.435. The highest BCUT2D eigenvalue weighted by Gasteiger charge is 2.60. The molecular weight excluding hydrogens is 989 g/mol. The summed E-state index contributed by atoms with van der Waals surface area (Å²) in [6, 6.07) is -2.61. The number of carboxylic acids is 1. The Kier molecular flexibility index (Phi) is 31.9. The Morgan fingerprint density at radius 3 is 1.77 bits per heavy atom. The number of rotatable bonds is 38. The zero-order chi connectivity index (χ0) is 55.5. The lowest BCUT2D eigenvalue weighted by molar-refractivity contribution is -0.386. The molecule has 2 amide bonds. The molecule has 0 aromatic rings. The van der Waals surface area contributed by atoms with Gasteiger partial charge in [0.2, 0.25) is 11.8 Å². The molecule has 3 fully saturated rings. The number of carboxylic acid groups (broad SMARTS) is 1. The first-order valence-corrected chi connectivity index (χ1v) is 27.6.